The molecule has 1 unspecified atom stereocenters. The van der Waals surface area contributed by atoms with Crippen molar-refractivity contribution in [3.63, 3.8) is 0 Å². The fourth-order valence-corrected chi connectivity index (χ4v) is 3.28. The number of rotatable bonds is 7. The van der Waals surface area contributed by atoms with Gasteiger partial charge in [0.05, 0.1) is 16.5 Å². The van der Waals surface area contributed by atoms with Gasteiger partial charge in [-0.1, -0.05) is 6.07 Å². The highest BCUT2D eigenvalue weighted by molar-refractivity contribution is 6.00. The first-order valence-corrected chi connectivity index (χ1v) is 9.73. The second-order valence-electron chi connectivity index (χ2n) is 7.31. The van der Waals surface area contributed by atoms with E-state index in [4.69, 9.17) is 0 Å². The Morgan fingerprint density at radius 2 is 1.84 bits per heavy atom. The lowest BCUT2D eigenvalue weighted by Crippen LogP contribution is -2.38. The Hall–Kier alpha value is -3.89. The molecule has 9 nitrogen and oxygen atoms in total. The van der Waals surface area contributed by atoms with Crippen LogP contribution in [-0.4, -0.2) is 42.3 Å². The summed E-state index contributed by atoms with van der Waals surface area (Å²) in [6.45, 7) is 1.75. The highest BCUT2D eigenvalue weighted by atomic mass is 19.1. The van der Waals surface area contributed by atoms with Crippen molar-refractivity contribution in [2.45, 2.75) is 13.3 Å². The second kappa shape index (κ2) is 9.50. The fourth-order valence-electron chi connectivity index (χ4n) is 3.28. The van der Waals surface area contributed by atoms with Crippen molar-refractivity contribution in [3.8, 4) is 0 Å². The van der Waals surface area contributed by atoms with Crippen molar-refractivity contribution in [3.05, 3.63) is 69.3 Å². The van der Waals surface area contributed by atoms with Gasteiger partial charge in [0, 0.05) is 37.7 Å². The highest BCUT2D eigenvalue weighted by Crippen LogP contribution is 2.29. The molecule has 2 aromatic rings. The van der Waals surface area contributed by atoms with Gasteiger partial charge < -0.3 is 15.5 Å². The van der Waals surface area contributed by atoms with E-state index < -0.39 is 45.9 Å². The van der Waals surface area contributed by atoms with E-state index in [0.29, 0.717) is 5.56 Å². The van der Waals surface area contributed by atoms with Gasteiger partial charge in [0.1, 0.15) is 5.82 Å². The molecule has 1 saturated heterocycles. The Morgan fingerprint density at radius 3 is 2.53 bits per heavy atom. The summed E-state index contributed by atoms with van der Waals surface area (Å²) < 4.78 is 27.1. The van der Waals surface area contributed by atoms with Crippen LogP contribution in [0.4, 0.5) is 20.2 Å². The number of hydrogen-bond acceptors (Lipinski definition) is 5. The molecule has 11 heteroatoms. The largest absolute Gasteiger partial charge is 0.354 e. The lowest BCUT2D eigenvalue weighted by atomic mass is 10.1. The zero-order valence-electron chi connectivity index (χ0n) is 17.1. The number of anilines is 1. The van der Waals surface area contributed by atoms with E-state index in [0.717, 1.165) is 18.2 Å². The van der Waals surface area contributed by atoms with Crippen LogP contribution in [0.2, 0.25) is 0 Å². The highest BCUT2D eigenvalue weighted by Gasteiger charge is 2.35. The summed E-state index contributed by atoms with van der Waals surface area (Å²) in [5.41, 5.74) is -0.0440. The maximum Gasteiger partial charge on any atom is 0.306 e. The Morgan fingerprint density at radius 1 is 1.12 bits per heavy atom. The molecule has 32 heavy (non-hydrogen) atoms. The molecule has 0 aromatic heterocycles. The molecule has 0 bridgehead atoms. The SMILES string of the molecule is Cc1ccc(C(=O)NCCNC(=O)C2CC(=O)N(c3ccc(F)c([N+](=O)[O-])c3)C2)cc1F. The number of aryl methyl sites for hydroxylation is 1. The lowest BCUT2D eigenvalue weighted by Gasteiger charge is -2.16. The summed E-state index contributed by atoms with van der Waals surface area (Å²) in [5.74, 6) is -3.54. The molecule has 3 amide bonds. The monoisotopic (exact) mass is 446 g/mol. The van der Waals surface area contributed by atoms with E-state index in [-0.39, 0.29) is 37.3 Å². The molecule has 1 aliphatic heterocycles. The van der Waals surface area contributed by atoms with Gasteiger partial charge in [-0.15, -0.1) is 0 Å². The number of amides is 3. The average molecular weight is 446 g/mol. The zero-order chi connectivity index (χ0) is 23.4. The van der Waals surface area contributed by atoms with E-state index in [2.05, 4.69) is 10.6 Å². The van der Waals surface area contributed by atoms with Gasteiger partial charge in [0.25, 0.3) is 5.91 Å². The van der Waals surface area contributed by atoms with Crippen LogP contribution in [0.25, 0.3) is 0 Å². The Bertz CT molecular complexity index is 1090. The Labute approximate surface area is 181 Å². The van der Waals surface area contributed by atoms with Crippen LogP contribution in [0.15, 0.2) is 36.4 Å². The third kappa shape index (κ3) is 5.05. The zero-order valence-corrected chi connectivity index (χ0v) is 17.1. The molecule has 1 aliphatic rings. The van der Waals surface area contributed by atoms with Gasteiger partial charge in [-0.2, -0.15) is 4.39 Å². The molecule has 1 fully saturated rings. The maximum atomic E-state index is 13.6. The molecule has 168 valence electrons. The van der Waals surface area contributed by atoms with Gasteiger partial charge in [0.15, 0.2) is 0 Å². The predicted octanol–water partition coefficient (Wildman–Crippen LogP) is 2.08. The van der Waals surface area contributed by atoms with Crippen LogP contribution in [0.1, 0.15) is 22.3 Å². The van der Waals surface area contributed by atoms with Crippen molar-refractivity contribution in [2.24, 2.45) is 5.92 Å². The van der Waals surface area contributed by atoms with E-state index in [1.54, 1.807) is 6.92 Å². The Balaban J connectivity index is 1.50. The van der Waals surface area contributed by atoms with Gasteiger partial charge in [-0.05, 0) is 36.8 Å². The van der Waals surface area contributed by atoms with Gasteiger partial charge in [-0.3, -0.25) is 24.5 Å². The minimum Gasteiger partial charge on any atom is -0.354 e. The summed E-state index contributed by atoms with van der Waals surface area (Å²) in [6.07, 6.45) is -0.105. The number of nitrogens with zero attached hydrogens (tertiary/aromatic N) is 2. The standard InChI is InChI=1S/C21H20F2N4O5/c1-12-2-3-13(8-17(12)23)20(29)24-6-7-25-21(30)14-9-19(28)26(11-14)15-4-5-16(22)18(10-15)27(31)32/h2-5,8,10,14H,6-7,9,11H2,1H3,(H,24,29)(H,25,30). The number of nitro groups is 1. The minimum absolute atomic E-state index is 0.0115. The Kier molecular flexibility index (Phi) is 6.76. The molecular weight excluding hydrogens is 426 g/mol. The number of hydrogen-bond donors (Lipinski definition) is 2. The van der Waals surface area contributed by atoms with E-state index in [1.165, 1.54) is 23.1 Å². The summed E-state index contributed by atoms with van der Waals surface area (Å²) >= 11 is 0. The number of carbonyl (C=O) groups is 3. The molecule has 2 aromatic carbocycles. The first-order valence-electron chi connectivity index (χ1n) is 9.73. The molecule has 1 heterocycles. The molecule has 0 saturated carbocycles. The summed E-state index contributed by atoms with van der Waals surface area (Å²) in [4.78, 5) is 47.9. The fraction of sp³-hybridized carbons (Fsp3) is 0.286. The number of halogens is 2. The molecule has 2 N–H and O–H groups in total. The molecule has 3 rings (SSSR count). The van der Waals surface area contributed by atoms with Crippen LogP contribution in [0.5, 0.6) is 0 Å². The van der Waals surface area contributed by atoms with E-state index in [9.17, 15) is 33.3 Å². The topological polar surface area (TPSA) is 122 Å². The summed E-state index contributed by atoms with van der Waals surface area (Å²) in [5, 5.41) is 16.1. The number of nitro benzene ring substituents is 1. The van der Waals surface area contributed by atoms with Crippen molar-refractivity contribution >= 4 is 29.1 Å². The van der Waals surface area contributed by atoms with Crippen LogP contribution in [0, 0.1) is 34.6 Å². The minimum atomic E-state index is -1.02. The predicted molar refractivity (Wildman–Crippen MR) is 110 cm³/mol. The first kappa shape index (κ1) is 22.8. The molecule has 0 spiro atoms. The van der Waals surface area contributed by atoms with Crippen molar-refractivity contribution in [1.82, 2.24) is 10.6 Å². The third-order valence-corrected chi connectivity index (χ3v) is 5.08. The van der Waals surface area contributed by atoms with Crippen LogP contribution < -0.4 is 15.5 Å². The second-order valence-corrected chi connectivity index (χ2v) is 7.31. The molecule has 0 radical (unpaired) electrons. The quantitative estimate of drug-likeness (QED) is 0.383. The maximum absolute atomic E-state index is 13.6. The van der Waals surface area contributed by atoms with Crippen LogP contribution in [-0.2, 0) is 9.59 Å². The van der Waals surface area contributed by atoms with Gasteiger partial charge >= 0.3 is 5.69 Å². The van der Waals surface area contributed by atoms with Crippen LogP contribution in [0.3, 0.4) is 0 Å². The van der Waals surface area contributed by atoms with E-state index in [1.807, 2.05) is 0 Å². The van der Waals surface area contributed by atoms with E-state index >= 15 is 0 Å². The number of nitrogens with one attached hydrogen (secondary N) is 2. The smallest absolute Gasteiger partial charge is 0.306 e. The molecule has 0 aliphatic carbocycles. The van der Waals surface area contributed by atoms with Crippen molar-refractivity contribution in [1.29, 1.82) is 0 Å². The van der Waals surface area contributed by atoms with Crippen molar-refractivity contribution in [2.75, 3.05) is 24.5 Å². The van der Waals surface area contributed by atoms with Gasteiger partial charge in [-0.25, -0.2) is 4.39 Å². The van der Waals surface area contributed by atoms with Crippen LogP contribution >= 0.6 is 0 Å². The van der Waals surface area contributed by atoms with Crippen molar-refractivity contribution < 1.29 is 28.1 Å². The summed E-state index contributed by atoms with van der Waals surface area (Å²) in [6, 6.07) is 7.20. The number of benzene rings is 2. The molecule has 1 atom stereocenters. The third-order valence-electron chi connectivity index (χ3n) is 5.08. The van der Waals surface area contributed by atoms with Gasteiger partial charge in [0.2, 0.25) is 17.6 Å². The first-order chi connectivity index (χ1) is 15.2. The lowest BCUT2D eigenvalue weighted by molar-refractivity contribution is -0.387. The molecular formula is C21H20F2N4O5. The number of carbonyl (C=O) groups excluding carboxylic acids is 3. The normalized spacial score (nSPS) is 15.5. The summed E-state index contributed by atoms with van der Waals surface area (Å²) in [7, 11) is 0. The average Bonchev–Trinajstić information content (AvgIpc) is 3.14.